The molecule has 0 aliphatic carbocycles. The van der Waals surface area contributed by atoms with Crippen molar-refractivity contribution >= 4 is 11.6 Å². The number of ether oxygens (including phenoxy) is 2. The normalized spacial score (nSPS) is 16.6. The van der Waals surface area contributed by atoms with Crippen LogP contribution in [0.4, 0.5) is 18.9 Å². The fourth-order valence-corrected chi connectivity index (χ4v) is 3.05. The molecule has 1 saturated heterocycles. The molecule has 0 bridgehead atoms. The molecule has 1 fully saturated rings. The number of benzene rings is 2. The van der Waals surface area contributed by atoms with Gasteiger partial charge >= 0.3 is 6.36 Å². The highest BCUT2D eigenvalue weighted by molar-refractivity contribution is 5.78. The van der Waals surface area contributed by atoms with Crippen molar-refractivity contribution < 1.29 is 32.5 Å². The Morgan fingerprint density at radius 2 is 1.93 bits per heavy atom. The maximum absolute atomic E-state index is 12.3. The first-order valence-corrected chi connectivity index (χ1v) is 9.05. The minimum Gasteiger partial charge on any atom is -0.484 e. The highest BCUT2D eigenvalue weighted by Crippen LogP contribution is 2.26. The summed E-state index contributed by atoms with van der Waals surface area (Å²) in [5.41, 5.74) is 1.24. The molecule has 3 rings (SSSR count). The monoisotopic (exact) mass is 410 g/mol. The molecule has 6 nitrogen and oxygen atoms in total. The average molecular weight is 410 g/mol. The number of likely N-dealkylation sites (tertiary alicyclic amines) is 1. The number of carbonyl (C=O) groups excluding carboxylic acids is 1. The maximum Gasteiger partial charge on any atom is 0.573 e. The number of hydrogen-bond acceptors (Lipinski definition) is 5. The number of nitrogens with one attached hydrogen (secondary N) is 1. The Bertz CT molecular complexity index is 827. The van der Waals surface area contributed by atoms with Gasteiger partial charge in [-0.05, 0) is 36.2 Å². The van der Waals surface area contributed by atoms with Crippen LogP contribution in [0.5, 0.6) is 11.5 Å². The van der Waals surface area contributed by atoms with Gasteiger partial charge in [0.1, 0.15) is 11.5 Å². The third-order valence-corrected chi connectivity index (χ3v) is 4.45. The molecule has 1 aliphatic rings. The zero-order valence-corrected chi connectivity index (χ0v) is 15.5. The average Bonchev–Trinajstić information content (AvgIpc) is 3.14. The SMILES string of the molecule is O=C(COc1ccc(CO)cc1)N1CCC(Nc2cccc(OC(F)(F)F)c2)C1. The van der Waals surface area contributed by atoms with Crippen LogP contribution < -0.4 is 14.8 Å². The van der Waals surface area contributed by atoms with Crippen molar-refractivity contribution in [1.29, 1.82) is 0 Å². The van der Waals surface area contributed by atoms with Crippen LogP contribution in [0.3, 0.4) is 0 Å². The molecule has 1 heterocycles. The molecule has 0 spiro atoms. The van der Waals surface area contributed by atoms with Gasteiger partial charge in [0, 0.05) is 30.9 Å². The molecule has 9 heteroatoms. The van der Waals surface area contributed by atoms with Crippen LogP contribution in [0.2, 0.25) is 0 Å². The van der Waals surface area contributed by atoms with E-state index in [9.17, 15) is 18.0 Å². The predicted molar refractivity (Wildman–Crippen MR) is 99.6 cm³/mol. The van der Waals surface area contributed by atoms with Crippen molar-refractivity contribution in [3.63, 3.8) is 0 Å². The number of nitrogens with zero attached hydrogens (tertiary/aromatic N) is 1. The van der Waals surface area contributed by atoms with E-state index in [1.807, 2.05) is 0 Å². The predicted octanol–water partition coefficient (Wildman–Crippen LogP) is 3.17. The quantitative estimate of drug-likeness (QED) is 0.734. The molecule has 2 aromatic rings. The number of halogens is 3. The Hall–Kier alpha value is -2.94. The third-order valence-electron chi connectivity index (χ3n) is 4.45. The zero-order valence-electron chi connectivity index (χ0n) is 15.5. The van der Waals surface area contributed by atoms with Crippen LogP contribution in [-0.2, 0) is 11.4 Å². The number of amides is 1. The van der Waals surface area contributed by atoms with Crippen LogP contribution >= 0.6 is 0 Å². The fourth-order valence-electron chi connectivity index (χ4n) is 3.05. The Balaban J connectivity index is 1.48. The lowest BCUT2D eigenvalue weighted by atomic mass is 10.2. The highest BCUT2D eigenvalue weighted by atomic mass is 19.4. The minimum absolute atomic E-state index is 0.0629. The second-order valence-electron chi connectivity index (χ2n) is 6.64. The highest BCUT2D eigenvalue weighted by Gasteiger charge is 2.31. The molecule has 0 saturated carbocycles. The van der Waals surface area contributed by atoms with E-state index in [4.69, 9.17) is 9.84 Å². The van der Waals surface area contributed by atoms with Crippen molar-refractivity contribution in [2.75, 3.05) is 25.0 Å². The van der Waals surface area contributed by atoms with Gasteiger partial charge in [0.15, 0.2) is 6.61 Å². The largest absolute Gasteiger partial charge is 0.573 e. The summed E-state index contributed by atoms with van der Waals surface area (Å²) in [5, 5.41) is 12.2. The first-order chi connectivity index (χ1) is 13.8. The van der Waals surface area contributed by atoms with Crippen molar-refractivity contribution in [2.45, 2.75) is 25.4 Å². The van der Waals surface area contributed by atoms with E-state index >= 15 is 0 Å². The molecular formula is C20H21F3N2O4. The summed E-state index contributed by atoms with van der Waals surface area (Å²) >= 11 is 0. The minimum atomic E-state index is -4.74. The van der Waals surface area contributed by atoms with Crippen LogP contribution in [0, 0.1) is 0 Å². The topological polar surface area (TPSA) is 71.0 Å². The van der Waals surface area contributed by atoms with Gasteiger partial charge in [0.2, 0.25) is 0 Å². The van der Waals surface area contributed by atoms with Gasteiger partial charge in [-0.1, -0.05) is 18.2 Å². The molecule has 1 unspecified atom stereocenters. The number of anilines is 1. The van der Waals surface area contributed by atoms with E-state index < -0.39 is 6.36 Å². The Kier molecular flexibility index (Phi) is 6.48. The summed E-state index contributed by atoms with van der Waals surface area (Å²) in [6, 6.07) is 12.3. The van der Waals surface area contributed by atoms with Gasteiger partial charge in [-0.3, -0.25) is 4.79 Å². The smallest absolute Gasteiger partial charge is 0.484 e. The Morgan fingerprint density at radius 3 is 2.62 bits per heavy atom. The number of hydrogen-bond donors (Lipinski definition) is 2. The van der Waals surface area contributed by atoms with Gasteiger partial charge in [-0.15, -0.1) is 13.2 Å². The van der Waals surface area contributed by atoms with Crippen LogP contribution in [-0.4, -0.2) is 48.0 Å². The van der Waals surface area contributed by atoms with Gasteiger partial charge in [-0.2, -0.15) is 0 Å². The second kappa shape index (κ2) is 9.04. The molecule has 1 atom stereocenters. The summed E-state index contributed by atoms with van der Waals surface area (Å²) in [5.74, 6) is 0.0645. The summed E-state index contributed by atoms with van der Waals surface area (Å²) in [6.45, 7) is 0.783. The first kappa shape index (κ1) is 20.8. The summed E-state index contributed by atoms with van der Waals surface area (Å²) in [4.78, 5) is 14.0. The van der Waals surface area contributed by atoms with Crippen molar-refractivity contribution in [1.82, 2.24) is 4.90 Å². The van der Waals surface area contributed by atoms with Crippen LogP contribution in [0.15, 0.2) is 48.5 Å². The van der Waals surface area contributed by atoms with E-state index in [1.54, 1.807) is 35.2 Å². The van der Waals surface area contributed by atoms with E-state index in [-0.39, 0.29) is 30.9 Å². The number of aliphatic hydroxyl groups is 1. The summed E-state index contributed by atoms with van der Waals surface area (Å²) in [7, 11) is 0. The van der Waals surface area contributed by atoms with Crippen molar-refractivity contribution in [2.24, 2.45) is 0 Å². The molecule has 2 N–H and O–H groups in total. The van der Waals surface area contributed by atoms with Gasteiger partial charge < -0.3 is 24.8 Å². The number of alkyl halides is 3. The molecule has 1 aliphatic heterocycles. The Morgan fingerprint density at radius 1 is 1.17 bits per heavy atom. The fraction of sp³-hybridized carbons (Fsp3) is 0.350. The zero-order chi connectivity index (χ0) is 20.9. The lowest BCUT2D eigenvalue weighted by Crippen LogP contribution is -2.35. The van der Waals surface area contributed by atoms with Crippen molar-refractivity contribution in [3.8, 4) is 11.5 Å². The molecule has 29 heavy (non-hydrogen) atoms. The lowest BCUT2D eigenvalue weighted by molar-refractivity contribution is -0.274. The third kappa shape index (κ3) is 6.28. The molecule has 0 aromatic heterocycles. The van der Waals surface area contributed by atoms with Gasteiger partial charge in [0.25, 0.3) is 5.91 Å². The molecule has 0 radical (unpaired) electrons. The van der Waals surface area contributed by atoms with E-state index in [0.29, 0.717) is 30.9 Å². The second-order valence-corrected chi connectivity index (χ2v) is 6.64. The van der Waals surface area contributed by atoms with E-state index in [0.717, 1.165) is 5.56 Å². The lowest BCUT2D eigenvalue weighted by Gasteiger charge is -2.18. The van der Waals surface area contributed by atoms with E-state index in [2.05, 4.69) is 10.1 Å². The molecular weight excluding hydrogens is 389 g/mol. The molecule has 2 aromatic carbocycles. The van der Waals surface area contributed by atoms with Crippen LogP contribution in [0.1, 0.15) is 12.0 Å². The maximum atomic E-state index is 12.3. The molecule has 1 amide bonds. The van der Waals surface area contributed by atoms with Crippen molar-refractivity contribution in [3.05, 3.63) is 54.1 Å². The summed E-state index contributed by atoms with van der Waals surface area (Å²) < 4.78 is 46.4. The summed E-state index contributed by atoms with van der Waals surface area (Å²) in [6.07, 6.45) is -4.07. The number of carbonyl (C=O) groups is 1. The standard InChI is InChI=1S/C20H21F3N2O4/c21-20(22,23)29-18-3-1-2-15(10-18)24-16-8-9-25(11-16)19(27)13-28-17-6-4-14(12-26)5-7-17/h1-7,10,16,24,26H,8-9,11-13H2. The van der Waals surface area contributed by atoms with E-state index in [1.165, 1.54) is 18.2 Å². The van der Waals surface area contributed by atoms with Gasteiger partial charge in [-0.25, -0.2) is 0 Å². The van der Waals surface area contributed by atoms with Gasteiger partial charge in [0.05, 0.1) is 6.61 Å². The first-order valence-electron chi connectivity index (χ1n) is 9.05. The Labute approximate surface area is 165 Å². The number of rotatable bonds is 7. The number of aliphatic hydroxyl groups excluding tert-OH is 1. The molecule has 156 valence electrons. The van der Waals surface area contributed by atoms with Crippen LogP contribution in [0.25, 0.3) is 0 Å².